The molecule has 3 heterocycles. The molecule has 2 N–H and O–H groups in total. The third-order valence-corrected chi connectivity index (χ3v) is 6.45. The summed E-state index contributed by atoms with van der Waals surface area (Å²) in [6.45, 7) is 5.77. The topological polar surface area (TPSA) is 133 Å². The lowest BCUT2D eigenvalue weighted by molar-refractivity contribution is -0.137. The van der Waals surface area contributed by atoms with E-state index in [1.807, 2.05) is 44.2 Å². The molecule has 2 amide bonds. The number of ether oxygens (including phenoxy) is 3. The summed E-state index contributed by atoms with van der Waals surface area (Å²) in [6.07, 6.45) is 0. The average Bonchev–Trinajstić information content (AvgIpc) is 3.39. The molecule has 12 nitrogen and oxygen atoms in total. The minimum absolute atomic E-state index is 0.121. The number of aryl methyl sites for hydroxylation is 1. The van der Waals surface area contributed by atoms with Crippen LogP contribution in [0, 0.1) is 6.92 Å². The van der Waals surface area contributed by atoms with Crippen LogP contribution in [-0.4, -0.2) is 76.9 Å². The van der Waals surface area contributed by atoms with Crippen molar-refractivity contribution in [2.24, 2.45) is 0 Å². The SMILES string of the molecule is COc1cc(C2C(C(=O)Nc3cccc(C)c3)=C(C)Nc3nnnn32)ccc1OCC(=O)N1CCOCC1. The summed E-state index contributed by atoms with van der Waals surface area (Å²) < 4.78 is 18.3. The first-order valence-corrected chi connectivity index (χ1v) is 12.2. The zero-order valence-electron chi connectivity index (χ0n) is 21.4. The average molecular weight is 520 g/mol. The van der Waals surface area contributed by atoms with Crippen molar-refractivity contribution in [2.45, 2.75) is 19.9 Å². The Morgan fingerprint density at radius 3 is 2.71 bits per heavy atom. The molecule has 0 saturated carbocycles. The normalized spacial score (nSPS) is 16.9. The summed E-state index contributed by atoms with van der Waals surface area (Å²) in [6, 6.07) is 12.2. The van der Waals surface area contributed by atoms with Gasteiger partial charge >= 0.3 is 0 Å². The zero-order valence-corrected chi connectivity index (χ0v) is 21.4. The first kappa shape index (κ1) is 25.2. The Morgan fingerprint density at radius 2 is 1.95 bits per heavy atom. The number of fused-ring (bicyclic) bond motifs is 1. The number of methoxy groups -OCH3 is 1. The van der Waals surface area contributed by atoms with Crippen molar-refractivity contribution in [3.63, 3.8) is 0 Å². The summed E-state index contributed by atoms with van der Waals surface area (Å²) in [5.41, 5.74) is 3.49. The Morgan fingerprint density at radius 1 is 1.13 bits per heavy atom. The second-order valence-corrected chi connectivity index (χ2v) is 9.03. The number of allylic oxidation sites excluding steroid dienone is 1. The second kappa shape index (κ2) is 10.9. The van der Waals surface area contributed by atoms with E-state index in [0.717, 1.165) is 5.56 Å². The van der Waals surface area contributed by atoms with E-state index in [1.165, 1.54) is 7.11 Å². The first-order valence-electron chi connectivity index (χ1n) is 12.2. The quantitative estimate of drug-likeness (QED) is 0.482. The van der Waals surface area contributed by atoms with E-state index in [4.69, 9.17) is 14.2 Å². The summed E-state index contributed by atoms with van der Waals surface area (Å²) in [4.78, 5) is 27.8. The van der Waals surface area contributed by atoms with Gasteiger partial charge in [-0.15, -0.1) is 0 Å². The van der Waals surface area contributed by atoms with Crippen molar-refractivity contribution in [2.75, 3.05) is 50.7 Å². The highest BCUT2D eigenvalue weighted by Crippen LogP contribution is 2.38. The maximum absolute atomic E-state index is 13.6. The number of rotatable bonds is 7. The largest absolute Gasteiger partial charge is 0.493 e. The monoisotopic (exact) mass is 519 g/mol. The number of amides is 2. The van der Waals surface area contributed by atoms with Crippen LogP contribution >= 0.6 is 0 Å². The fourth-order valence-electron chi connectivity index (χ4n) is 4.55. The molecule has 198 valence electrons. The molecule has 2 aromatic carbocycles. The number of hydrogen-bond acceptors (Lipinski definition) is 9. The number of hydrogen-bond donors (Lipinski definition) is 2. The Labute approximate surface area is 219 Å². The molecule has 1 fully saturated rings. The number of nitrogens with one attached hydrogen (secondary N) is 2. The van der Waals surface area contributed by atoms with E-state index < -0.39 is 6.04 Å². The van der Waals surface area contributed by atoms with Gasteiger partial charge in [-0.05, 0) is 59.7 Å². The standard InChI is InChI=1S/C26H29N7O5/c1-16-5-4-6-19(13-16)28-25(35)23-17(2)27-26-29-30-31-33(26)24(23)18-7-8-20(21(14-18)36-3)38-15-22(34)32-9-11-37-12-10-32/h4-8,13-14,24H,9-12,15H2,1-3H3,(H,28,35)(H,27,29,31). The van der Waals surface area contributed by atoms with Gasteiger partial charge in [-0.3, -0.25) is 9.59 Å². The first-order chi connectivity index (χ1) is 18.4. The van der Waals surface area contributed by atoms with Crippen LogP contribution in [0.15, 0.2) is 53.7 Å². The lowest BCUT2D eigenvalue weighted by Crippen LogP contribution is -2.43. The van der Waals surface area contributed by atoms with E-state index in [1.54, 1.807) is 21.7 Å². The highest BCUT2D eigenvalue weighted by atomic mass is 16.5. The van der Waals surface area contributed by atoms with Crippen LogP contribution in [0.5, 0.6) is 11.5 Å². The van der Waals surface area contributed by atoms with E-state index in [9.17, 15) is 9.59 Å². The van der Waals surface area contributed by atoms with E-state index in [2.05, 4.69) is 26.2 Å². The van der Waals surface area contributed by atoms with Gasteiger partial charge in [0.25, 0.3) is 11.8 Å². The van der Waals surface area contributed by atoms with Crippen LogP contribution in [0.25, 0.3) is 0 Å². The third kappa shape index (κ3) is 5.16. The zero-order chi connectivity index (χ0) is 26.6. The maximum Gasteiger partial charge on any atom is 0.260 e. The highest BCUT2D eigenvalue weighted by Gasteiger charge is 2.34. The summed E-state index contributed by atoms with van der Waals surface area (Å²) in [5, 5.41) is 18.1. The van der Waals surface area contributed by atoms with Crippen molar-refractivity contribution in [3.05, 3.63) is 64.9 Å². The number of carbonyl (C=O) groups excluding carboxylic acids is 2. The number of benzene rings is 2. The number of tetrazole rings is 1. The fraction of sp³-hybridized carbons (Fsp3) is 0.346. The number of aromatic nitrogens is 4. The second-order valence-electron chi connectivity index (χ2n) is 9.03. The molecule has 1 atom stereocenters. The van der Waals surface area contributed by atoms with Crippen molar-refractivity contribution < 1.29 is 23.8 Å². The van der Waals surface area contributed by atoms with Gasteiger partial charge in [0.1, 0.15) is 6.04 Å². The molecule has 1 saturated heterocycles. The molecule has 1 unspecified atom stereocenters. The van der Waals surface area contributed by atoms with Gasteiger partial charge in [0.15, 0.2) is 18.1 Å². The van der Waals surface area contributed by atoms with Gasteiger partial charge in [-0.25, -0.2) is 0 Å². The minimum atomic E-state index is -0.635. The highest BCUT2D eigenvalue weighted by molar-refractivity contribution is 6.06. The summed E-state index contributed by atoms with van der Waals surface area (Å²) >= 11 is 0. The minimum Gasteiger partial charge on any atom is -0.493 e. The van der Waals surface area contributed by atoms with E-state index in [-0.39, 0.29) is 18.4 Å². The number of anilines is 2. The predicted molar refractivity (Wildman–Crippen MR) is 138 cm³/mol. The summed E-state index contributed by atoms with van der Waals surface area (Å²) in [7, 11) is 1.52. The van der Waals surface area contributed by atoms with Crippen LogP contribution in [0.2, 0.25) is 0 Å². The van der Waals surface area contributed by atoms with Gasteiger partial charge in [0.05, 0.1) is 25.9 Å². The Bertz CT molecular complexity index is 1380. The lowest BCUT2D eigenvalue weighted by atomic mass is 9.94. The summed E-state index contributed by atoms with van der Waals surface area (Å²) in [5.74, 6) is 0.832. The van der Waals surface area contributed by atoms with Gasteiger partial charge in [0.2, 0.25) is 5.95 Å². The Balaban J connectivity index is 1.42. The van der Waals surface area contributed by atoms with Gasteiger partial charge < -0.3 is 29.7 Å². The number of carbonyl (C=O) groups is 2. The molecule has 2 aliphatic heterocycles. The van der Waals surface area contributed by atoms with Crippen molar-refractivity contribution in [1.82, 2.24) is 25.1 Å². The van der Waals surface area contributed by atoms with Crippen LogP contribution in [0.3, 0.4) is 0 Å². The molecule has 1 aromatic heterocycles. The van der Waals surface area contributed by atoms with Crippen LogP contribution in [-0.2, 0) is 14.3 Å². The fourth-order valence-corrected chi connectivity index (χ4v) is 4.55. The van der Waals surface area contributed by atoms with Gasteiger partial charge in [0, 0.05) is 24.5 Å². The van der Waals surface area contributed by atoms with Crippen molar-refractivity contribution >= 4 is 23.5 Å². The Kier molecular flexibility index (Phi) is 7.22. The molecule has 3 aromatic rings. The molecule has 0 radical (unpaired) electrons. The predicted octanol–water partition coefficient (Wildman–Crippen LogP) is 2.16. The molecule has 5 rings (SSSR count). The smallest absolute Gasteiger partial charge is 0.260 e. The lowest BCUT2D eigenvalue weighted by Gasteiger charge is -2.28. The van der Waals surface area contributed by atoms with Crippen LogP contribution in [0.1, 0.15) is 24.1 Å². The third-order valence-electron chi connectivity index (χ3n) is 6.45. The molecular weight excluding hydrogens is 490 g/mol. The molecule has 0 bridgehead atoms. The number of nitrogens with zero attached hydrogens (tertiary/aromatic N) is 5. The van der Waals surface area contributed by atoms with Gasteiger partial charge in [-0.1, -0.05) is 23.3 Å². The van der Waals surface area contributed by atoms with Crippen molar-refractivity contribution in [3.8, 4) is 11.5 Å². The Hall–Kier alpha value is -4.45. The maximum atomic E-state index is 13.6. The molecule has 38 heavy (non-hydrogen) atoms. The van der Waals surface area contributed by atoms with Crippen LogP contribution in [0.4, 0.5) is 11.6 Å². The molecule has 12 heteroatoms. The van der Waals surface area contributed by atoms with Gasteiger partial charge in [-0.2, -0.15) is 4.68 Å². The van der Waals surface area contributed by atoms with E-state index >= 15 is 0 Å². The van der Waals surface area contributed by atoms with E-state index in [0.29, 0.717) is 66.3 Å². The van der Waals surface area contributed by atoms with Crippen molar-refractivity contribution in [1.29, 1.82) is 0 Å². The van der Waals surface area contributed by atoms with Crippen LogP contribution < -0.4 is 20.1 Å². The number of morpholine rings is 1. The molecule has 0 spiro atoms. The molecular formula is C26H29N7O5. The molecule has 2 aliphatic rings. The molecule has 0 aliphatic carbocycles.